The van der Waals surface area contributed by atoms with Gasteiger partial charge in [0.2, 0.25) is 0 Å². The van der Waals surface area contributed by atoms with Crippen LogP contribution in [0, 0.1) is 5.82 Å². The zero-order valence-electron chi connectivity index (χ0n) is 16.8. The van der Waals surface area contributed by atoms with Crippen molar-refractivity contribution in [2.24, 2.45) is 0 Å². The number of nitrogens with one attached hydrogen (secondary N) is 1. The van der Waals surface area contributed by atoms with Gasteiger partial charge in [0.1, 0.15) is 11.9 Å². The van der Waals surface area contributed by atoms with E-state index in [9.17, 15) is 9.18 Å². The van der Waals surface area contributed by atoms with E-state index in [1.807, 2.05) is 30.3 Å². The molecule has 3 aromatic carbocycles. The first-order chi connectivity index (χ1) is 15.5. The molecule has 32 heavy (non-hydrogen) atoms. The van der Waals surface area contributed by atoms with E-state index in [2.05, 4.69) is 4.98 Å². The lowest BCUT2D eigenvalue weighted by molar-refractivity contribution is -0.134. The summed E-state index contributed by atoms with van der Waals surface area (Å²) in [5.41, 5.74) is 9.96. The molecule has 0 aliphatic rings. The Morgan fingerprint density at radius 1 is 0.969 bits per heavy atom. The van der Waals surface area contributed by atoms with E-state index in [0.717, 1.165) is 22.4 Å². The average Bonchev–Trinajstić information content (AvgIpc) is 3.25. The molecule has 2 atom stereocenters. The summed E-state index contributed by atoms with van der Waals surface area (Å²) in [6.07, 6.45) is 0.822. The number of nitrogens with two attached hydrogens (primary N) is 1. The third-order valence-corrected chi connectivity index (χ3v) is 5.79. The minimum atomic E-state index is -0.978. The summed E-state index contributed by atoms with van der Waals surface area (Å²) in [5.74, 6) is -1.20. The number of rotatable bonds is 7. The van der Waals surface area contributed by atoms with Gasteiger partial charge in [-0.05, 0) is 53.1 Å². The molecule has 0 saturated heterocycles. The van der Waals surface area contributed by atoms with Crippen molar-refractivity contribution in [3.63, 3.8) is 0 Å². The number of carbonyl (C=O) groups excluding carboxylic acids is 1. The number of nitrogen functional groups attached to an aromatic ring is 1. The van der Waals surface area contributed by atoms with Gasteiger partial charge in [-0.2, -0.15) is 0 Å². The van der Waals surface area contributed by atoms with Crippen LogP contribution in [0.25, 0.3) is 11.3 Å². The van der Waals surface area contributed by atoms with Gasteiger partial charge < -0.3 is 15.5 Å². The van der Waals surface area contributed by atoms with Crippen LogP contribution in [0.3, 0.4) is 0 Å². The summed E-state index contributed by atoms with van der Waals surface area (Å²) in [5, 5.41) is 0.455. The molecule has 0 spiro atoms. The van der Waals surface area contributed by atoms with Gasteiger partial charge in [-0.3, -0.25) is 4.79 Å². The van der Waals surface area contributed by atoms with Crippen molar-refractivity contribution in [2.45, 2.75) is 12.0 Å². The van der Waals surface area contributed by atoms with Gasteiger partial charge in [0.05, 0.1) is 10.9 Å². The summed E-state index contributed by atoms with van der Waals surface area (Å²) in [6, 6.07) is 21.1. The number of aromatic nitrogens is 1. The Balaban J connectivity index is 1.87. The number of carbonyl (C=O) groups is 1. The van der Waals surface area contributed by atoms with Crippen molar-refractivity contribution in [2.75, 3.05) is 5.73 Å². The maximum atomic E-state index is 15.0. The van der Waals surface area contributed by atoms with Crippen molar-refractivity contribution in [3.05, 3.63) is 112 Å². The van der Waals surface area contributed by atoms with Gasteiger partial charge in [-0.15, -0.1) is 0 Å². The van der Waals surface area contributed by atoms with Crippen molar-refractivity contribution in [1.82, 2.24) is 4.98 Å². The molecule has 1 heterocycles. The molecule has 0 saturated carbocycles. The highest BCUT2D eigenvalue weighted by molar-refractivity contribution is 6.31. The number of anilines is 1. The highest BCUT2D eigenvalue weighted by atomic mass is 35.5. The Labute approximate surface area is 194 Å². The fourth-order valence-corrected chi connectivity index (χ4v) is 4.22. The van der Waals surface area contributed by atoms with E-state index >= 15 is 0 Å². The number of aromatic amines is 1. The molecule has 3 N–H and O–H groups in total. The number of hydrogen-bond acceptors (Lipinski definition) is 3. The fourth-order valence-electron chi connectivity index (χ4n) is 3.84. The zero-order chi connectivity index (χ0) is 22.7. The molecule has 7 heteroatoms. The first-order valence-electron chi connectivity index (χ1n) is 9.80. The molecule has 4 aromatic rings. The van der Waals surface area contributed by atoms with Gasteiger partial charge in [0.25, 0.3) is 6.47 Å². The molecular formula is C25H19Cl2FN2O2. The predicted octanol–water partition coefficient (Wildman–Crippen LogP) is 6.76. The maximum Gasteiger partial charge on any atom is 0.293 e. The SMILES string of the molecule is Nc1cccc(-c2cc(C(c3cccc(Cl)c3)C(OC=O)c3cccc(Cl)c3F)c[nH]2)c1. The lowest BCUT2D eigenvalue weighted by atomic mass is 9.84. The number of halogens is 3. The van der Waals surface area contributed by atoms with E-state index in [4.69, 9.17) is 33.7 Å². The molecule has 0 bridgehead atoms. The van der Waals surface area contributed by atoms with Crippen LogP contribution < -0.4 is 5.73 Å². The van der Waals surface area contributed by atoms with Gasteiger partial charge >= 0.3 is 0 Å². The molecule has 4 nitrogen and oxygen atoms in total. The highest BCUT2D eigenvalue weighted by Gasteiger charge is 2.32. The molecule has 162 valence electrons. The number of hydrogen-bond donors (Lipinski definition) is 2. The predicted molar refractivity (Wildman–Crippen MR) is 125 cm³/mol. The average molecular weight is 469 g/mol. The van der Waals surface area contributed by atoms with Crippen LogP contribution in [0.2, 0.25) is 10.0 Å². The molecule has 2 unspecified atom stereocenters. The third-order valence-electron chi connectivity index (χ3n) is 5.26. The Morgan fingerprint density at radius 2 is 1.75 bits per heavy atom. The molecule has 0 aliphatic carbocycles. The first-order valence-corrected chi connectivity index (χ1v) is 10.6. The van der Waals surface area contributed by atoms with E-state index < -0.39 is 17.8 Å². The third kappa shape index (κ3) is 4.49. The van der Waals surface area contributed by atoms with Crippen LogP contribution >= 0.6 is 23.2 Å². The van der Waals surface area contributed by atoms with E-state index in [1.165, 1.54) is 6.07 Å². The largest absolute Gasteiger partial charge is 0.459 e. The van der Waals surface area contributed by atoms with Gasteiger partial charge in [-0.1, -0.05) is 59.6 Å². The van der Waals surface area contributed by atoms with Crippen LogP contribution in [0.5, 0.6) is 0 Å². The van der Waals surface area contributed by atoms with Crippen LogP contribution in [-0.2, 0) is 9.53 Å². The van der Waals surface area contributed by atoms with Crippen molar-refractivity contribution in [1.29, 1.82) is 0 Å². The quantitative estimate of drug-likeness (QED) is 0.232. The van der Waals surface area contributed by atoms with Crippen molar-refractivity contribution < 1.29 is 13.9 Å². The Hall–Kier alpha value is -3.28. The van der Waals surface area contributed by atoms with Crippen molar-refractivity contribution >= 4 is 35.4 Å². The summed E-state index contributed by atoms with van der Waals surface area (Å²) >= 11 is 12.3. The van der Waals surface area contributed by atoms with Crippen LogP contribution in [-0.4, -0.2) is 11.5 Å². The summed E-state index contributed by atoms with van der Waals surface area (Å²) < 4.78 is 20.4. The van der Waals surface area contributed by atoms with E-state index in [-0.39, 0.29) is 10.6 Å². The monoisotopic (exact) mass is 468 g/mol. The number of benzene rings is 3. The molecule has 0 fully saturated rings. The minimum absolute atomic E-state index is 0.0543. The molecule has 4 rings (SSSR count). The molecule has 1 aromatic heterocycles. The lowest BCUT2D eigenvalue weighted by Gasteiger charge is -2.27. The van der Waals surface area contributed by atoms with Crippen LogP contribution in [0.1, 0.15) is 28.7 Å². The minimum Gasteiger partial charge on any atom is -0.459 e. The van der Waals surface area contributed by atoms with E-state index in [0.29, 0.717) is 17.2 Å². The highest BCUT2D eigenvalue weighted by Crippen LogP contribution is 2.42. The van der Waals surface area contributed by atoms with E-state index in [1.54, 1.807) is 42.6 Å². The molecular weight excluding hydrogens is 450 g/mol. The Kier molecular flexibility index (Phi) is 6.49. The normalized spacial score (nSPS) is 12.8. The summed E-state index contributed by atoms with van der Waals surface area (Å²) in [6.45, 7) is 0.314. The Morgan fingerprint density at radius 3 is 2.50 bits per heavy atom. The Bertz CT molecular complexity index is 1260. The van der Waals surface area contributed by atoms with Gasteiger partial charge in [0.15, 0.2) is 0 Å². The summed E-state index contributed by atoms with van der Waals surface area (Å²) in [4.78, 5) is 14.7. The first kappa shape index (κ1) is 21.9. The molecule has 0 amide bonds. The molecule has 0 aliphatic heterocycles. The van der Waals surface area contributed by atoms with Crippen LogP contribution in [0.15, 0.2) is 79.0 Å². The van der Waals surface area contributed by atoms with Crippen LogP contribution in [0.4, 0.5) is 10.1 Å². The standard InChI is InChI=1S/C25H19Cl2FN2O2/c26-18-6-1-5-16(10-18)23(25(32-14-31)20-8-3-9-21(27)24(20)28)17-12-22(30-13-17)15-4-2-7-19(29)11-15/h1-14,23,25,30H,29H2. The second-order valence-electron chi connectivity index (χ2n) is 7.30. The fraction of sp³-hybridized carbons (Fsp3) is 0.0800. The van der Waals surface area contributed by atoms with Crippen molar-refractivity contribution in [3.8, 4) is 11.3 Å². The number of H-pyrrole nitrogens is 1. The topological polar surface area (TPSA) is 68.1 Å². The number of ether oxygens (including phenoxy) is 1. The smallest absolute Gasteiger partial charge is 0.293 e. The zero-order valence-corrected chi connectivity index (χ0v) is 18.3. The second-order valence-corrected chi connectivity index (χ2v) is 8.14. The molecule has 0 radical (unpaired) electrons. The second kappa shape index (κ2) is 9.47. The van der Waals surface area contributed by atoms with Gasteiger partial charge in [0, 0.05) is 28.2 Å². The van der Waals surface area contributed by atoms with Gasteiger partial charge in [-0.25, -0.2) is 4.39 Å². The lowest BCUT2D eigenvalue weighted by Crippen LogP contribution is -2.17. The summed E-state index contributed by atoms with van der Waals surface area (Å²) in [7, 11) is 0. The maximum absolute atomic E-state index is 15.0.